The highest BCUT2D eigenvalue weighted by molar-refractivity contribution is 9.10. The van der Waals surface area contributed by atoms with E-state index in [0.29, 0.717) is 6.54 Å². The third-order valence-electron chi connectivity index (χ3n) is 6.54. The van der Waals surface area contributed by atoms with E-state index in [1.54, 1.807) is 0 Å². The summed E-state index contributed by atoms with van der Waals surface area (Å²) in [4.78, 5) is 26.4. The molecule has 1 heterocycles. The number of amides is 1. The summed E-state index contributed by atoms with van der Waals surface area (Å²) >= 11 is 3.52. The molecule has 0 saturated carbocycles. The van der Waals surface area contributed by atoms with E-state index in [9.17, 15) is 14.7 Å². The first-order valence-corrected chi connectivity index (χ1v) is 11.4. The zero-order valence-electron chi connectivity index (χ0n) is 17.3. The highest BCUT2D eigenvalue weighted by atomic mass is 79.9. The zero-order valence-corrected chi connectivity index (χ0v) is 18.9. The van der Waals surface area contributed by atoms with Crippen molar-refractivity contribution >= 4 is 28.0 Å². The number of benzene rings is 3. The summed E-state index contributed by atoms with van der Waals surface area (Å²) in [5.74, 6) is -1.89. The molecule has 2 atom stereocenters. The molecule has 6 heteroatoms. The number of carbonyl (C=O) groups excluding carboxylic acids is 1. The summed E-state index contributed by atoms with van der Waals surface area (Å²) in [7, 11) is 0. The molecule has 0 bridgehead atoms. The molecule has 3 aromatic carbocycles. The number of nitrogens with zero attached hydrogens (tertiary/aromatic N) is 1. The fourth-order valence-electron chi connectivity index (χ4n) is 4.98. The van der Waals surface area contributed by atoms with E-state index < -0.39 is 18.0 Å². The summed E-state index contributed by atoms with van der Waals surface area (Å²) < 4.78 is 6.60. The lowest BCUT2D eigenvalue weighted by molar-refractivity contribution is -0.141. The lowest BCUT2D eigenvalue weighted by Crippen LogP contribution is -2.31. The van der Waals surface area contributed by atoms with Gasteiger partial charge in [-0.1, -0.05) is 82.7 Å². The first-order chi connectivity index (χ1) is 15.5. The van der Waals surface area contributed by atoms with Crippen molar-refractivity contribution in [1.82, 2.24) is 4.90 Å². The molecule has 0 unspecified atom stereocenters. The van der Waals surface area contributed by atoms with Crippen molar-refractivity contribution in [1.29, 1.82) is 0 Å². The Morgan fingerprint density at radius 3 is 2.03 bits per heavy atom. The fraction of sp³-hybridized carbons (Fsp3) is 0.231. The minimum Gasteiger partial charge on any atom is -0.481 e. The number of halogens is 1. The second-order valence-corrected chi connectivity index (χ2v) is 9.14. The number of carboxylic acid groups (broad SMARTS) is 1. The predicted molar refractivity (Wildman–Crippen MR) is 125 cm³/mol. The minimum absolute atomic E-state index is 0.0247. The van der Waals surface area contributed by atoms with Crippen LogP contribution in [0.25, 0.3) is 11.1 Å². The van der Waals surface area contributed by atoms with Crippen LogP contribution in [-0.2, 0) is 9.53 Å². The Labute approximate surface area is 194 Å². The Morgan fingerprint density at radius 1 is 0.875 bits per heavy atom. The molecular formula is C26H22BrNO4. The van der Waals surface area contributed by atoms with Crippen LogP contribution in [0.2, 0.25) is 0 Å². The summed E-state index contributed by atoms with van der Waals surface area (Å²) in [6, 6.07) is 23.9. The van der Waals surface area contributed by atoms with Crippen molar-refractivity contribution in [2.24, 2.45) is 5.92 Å². The first kappa shape index (κ1) is 20.8. The lowest BCUT2D eigenvalue weighted by atomic mass is 9.89. The molecule has 3 aromatic rings. The van der Waals surface area contributed by atoms with Gasteiger partial charge in [0.2, 0.25) is 0 Å². The van der Waals surface area contributed by atoms with Crippen molar-refractivity contribution in [2.75, 3.05) is 19.7 Å². The van der Waals surface area contributed by atoms with E-state index in [-0.39, 0.29) is 25.0 Å². The van der Waals surface area contributed by atoms with E-state index >= 15 is 0 Å². The molecule has 162 valence electrons. The summed E-state index contributed by atoms with van der Waals surface area (Å²) in [5, 5.41) is 9.76. The van der Waals surface area contributed by atoms with E-state index in [1.807, 2.05) is 48.5 Å². The van der Waals surface area contributed by atoms with Crippen LogP contribution in [0.5, 0.6) is 0 Å². The van der Waals surface area contributed by atoms with Gasteiger partial charge in [0.05, 0.1) is 5.92 Å². The van der Waals surface area contributed by atoms with Gasteiger partial charge in [-0.25, -0.2) is 4.79 Å². The Morgan fingerprint density at radius 2 is 1.44 bits per heavy atom. The summed E-state index contributed by atoms with van der Waals surface area (Å²) in [6.45, 7) is 0.676. The number of carbonyl (C=O) groups is 2. The maximum absolute atomic E-state index is 13.0. The number of likely N-dealkylation sites (tertiary alicyclic amines) is 1. The highest BCUT2D eigenvalue weighted by Crippen LogP contribution is 2.44. The van der Waals surface area contributed by atoms with Gasteiger partial charge >= 0.3 is 12.1 Å². The number of carboxylic acids is 1. The van der Waals surface area contributed by atoms with Crippen LogP contribution < -0.4 is 0 Å². The predicted octanol–water partition coefficient (Wildman–Crippen LogP) is 5.50. The van der Waals surface area contributed by atoms with E-state index in [1.165, 1.54) is 16.0 Å². The van der Waals surface area contributed by atoms with Gasteiger partial charge in [0.25, 0.3) is 0 Å². The quantitative estimate of drug-likeness (QED) is 0.523. The third-order valence-corrected chi connectivity index (χ3v) is 7.26. The number of ether oxygens (including phenoxy) is 1. The topological polar surface area (TPSA) is 66.8 Å². The average molecular weight is 492 g/mol. The summed E-state index contributed by atoms with van der Waals surface area (Å²) in [5.41, 5.74) is 5.54. The lowest BCUT2D eigenvalue weighted by Gasteiger charge is -2.19. The van der Waals surface area contributed by atoms with Crippen molar-refractivity contribution < 1.29 is 19.4 Å². The minimum atomic E-state index is -0.903. The molecule has 1 aliphatic carbocycles. The van der Waals surface area contributed by atoms with Crippen molar-refractivity contribution in [3.63, 3.8) is 0 Å². The molecule has 1 N–H and O–H groups in total. The Bertz CT molecular complexity index is 1150. The second kappa shape index (κ2) is 8.43. The SMILES string of the molecule is O=C(O)[C@@H]1CN(C(=O)OCC2c3ccccc3-c3ccccc32)C[C@H]1c1ccccc1Br. The van der Waals surface area contributed by atoms with Gasteiger partial charge in [-0.2, -0.15) is 0 Å². The largest absolute Gasteiger partial charge is 0.481 e. The standard InChI is InChI=1S/C26H22BrNO4/c27-24-12-6-5-11-20(24)21-13-28(14-22(21)25(29)30)26(31)32-15-23-18-9-3-1-7-16(18)17-8-2-4-10-19(17)23/h1-12,21-23H,13-15H2,(H,29,30)/t21-,22+/m0/s1. The van der Waals surface area contributed by atoms with Gasteiger partial charge in [-0.15, -0.1) is 0 Å². The van der Waals surface area contributed by atoms with Crippen LogP contribution in [0, 0.1) is 5.92 Å². The van der Waals surface area contributed by atoms with Gasteiger partial charge in [-0.3, -0.25) is 4.79 Å². The Kier molecular flexibility index (Phi) is 5.47. The molecule has 5 rings (SSSR count). The van der Waals surface area contributed by atoms with E-state index in [0.717, 1.165) is 21.2 Å². The smallest absolute Gasteiger partial charge is 0.409 e. The van der Waals surface area contributed by atoms with Gasteiger partial charge in [0.1, 0.15) is 6.61 Å². The molecule has 2 aliphatic rings. The number of hydrogen-bond donors (Lipinski definition) is 1. The first-order valence-electron chi connectivity index (χ1n) is 10.6. The van der Waals surface area contributed by atoms with Gasteiger partial charge in [0.15, 0.2) is 0 Å². The van der Waals surface area contributed by atoms with Gasteiger partial charge < -0.3 is 14.7 Å². The zero-order chi connectivity index (χ0) is 22.2. The maximum Gasteiger partial charge on any atom is 0.409 e. The number of rotatable bonds is 4. The molecular weight excluding hydrogens is 470 g/mol. The molecule has 32 heavy (non-hydrogen) atoms. The van der Waals surface area contributed by atoms with Crippen LogP contribution in [0.4, 0.5) is 4.79 Å². The van der Waals surface area contributed by atoms with E-state index in [4.69, 9.17) is 4.74 Å². The second-order valence-electron chi connectivity index (χ2n) is 8.28. The van der Waals surface area contributed by atoms with Crippen LogP contribution in [0.3, 0.4) is 0 Å². The number of fused-ring (bicyclic) bond motifs is 3. The molecule has 0 radical (unpaired) electrons. The Hall–Kier alpha value is -3.12. The molecule has 0 aromatic heterocycles. The van der Waals surface area contributed by atoms with Crippen molar-refractivity contribution in [3.8, 4) is 11.1 Å². The van der Waals surface area contributed by atoms with Crippen LogP contribution >= 0.6 is 15.9 Å². The average Bonchev–Trinajstić information content (AvgIpc) is 3.38. The molecule has 1 aliphatic heterocycles. The normalized spacial score (nSPS) is 19.5. The fourth-order valence-corrected chi connectivity index (χ4v) is 5.56. The van der Waals surface area contributed by atoms with Crippen LogP contribution in [-0.4, -0.2) is 41.8 Å². The third kappa shape index (κ3) is 3.58. The van der Waals surface area contributed by atoms with Crippen molar-refractivity contribution in [2.45, 2.75) is 11.8 Å². The monoisotopic (exact) mass is 491 g/mol. The highest BCUT2D eigenvalue weighted by Gasteiger charge is 2.42. The molecule has 1 saturated heterocycles. The van der Waals surface area contributed by atoms with Crippen molar-refractivity contribution in [3.05, 3.63) is 94.0 Å². The number of hydrogen-bond acceptors (Lipinski definition) is 3. The molecule has 1 amide bonds. The van der Waals surface area contributed by atoms with Gasteiger partial charge in [0, 0.05) is 29.4 Å². The van der Waals surface area contributed by atoms with E-state index in [2.05, 4.69) is 40.2 Å². The Balaban J connectivity index is 1.33. The maximum atomic E-state index is 13.0. The van der Waals surface area contributed by atoms with Gasteiger partial charge in [-0.05, 0) is 33.9 Å². The molecule has 5 nitrogen and oxygen atoms in total. The van der Waals surface area contributed by atoms with Crippen LogP contribution in [0.1, 0.15) is 28.5 Å². The molecule has 1 fully saturated rings. The van der Waals surface area contributed by atoms with Crippen LogP contribution in [0.15, 0.2) is 77.3 Å². The summed E-state index contributed by atoms with van der Waals surface area (Å²) in [6.07, 6.45) is -0.465. The number of aliphatic carboxylic acids is 1. The molecule has 0 spiro atoms.